The number of rotatable bonds is 5. The molecule has 0 unspecified atom stereocenters. The second-order valence-corrected chi connectivity index (χ2v) is 7.17. The second-order valence-electron chi connectivity index (χ2n) is 7.17. The molecule has 2 aromatic heterocycles. The smallest absolute Gasteiger partial charge is 0.280 e. The third kappa shape index (κ3) is 3.90. The van der Waals surface area contributed by atoms with Gasteiger partial charge in [-0.2, -0.15) is 15.0 Å². The molecule has 2 aliphatic carbocycles. The van der Waals surface area contributed by atoms with Crippen LogP contribution in [0.25, 0.3) is 11.6 Å². The van der Waals surface area contributed by atoms with Gasteiger partial charge in [-0.25, -0.2) is 36.3 Å². The average Bonchev–Trinajstić information content (AvgIpc) is 2.58. The van der Waals surface area contributed by atoms with Crippen LogP contribution < -0.4 is 10.6 Å². The number of aromatic nitrogens is 5. The molecule has 2 aliphatic rings. The Bertz CT molecular complexity index is 884. The van der Waals surface area contributed by atoms with E-state index in [1.54, 1.807) is 0 Å². The highest BCUT2D eigenvalue weighted by Crippen LogP contribution is 2.48. The number of hydrogen-bond donors (Lipinski definition) is 1. The maximum Gasteiger partial charge on any atom is 0.280 e. The molecular weight excluding hydrogens is 404 g/mol. The predicted molar refractivity (Wildman–Crippen MR) is 88.6 cm³/mol. The number of alkyl halides is 6. The predicted octanol–water partition coefficient (Wildman–Crippen LogP) is 3.25. The van der Waals surface area contributed by atoms with Gasteiger partial charge in [-0.3, -0.25) is 0 Å². The van der Waals surface area contributed by atoms with Gasteiger partial charge in [0.15, 0.2) is 5.82 Å². The first kappa shape index (κ1) is 19.6. The Kier molecular flexibility index (Phi) is 4.50. The van der Waals surface area contributed by atoms with E-state index < -0.39 is 61.7 Å². The summed E-state index contributed by atoms with van der Waals surface area (Å²) in [6, 6.07) is -0.498. The molecule has 0 bridgehead atoms. The summed E-state index contributed by atoms with van der Waals surface area (Å²) in [5.74, 6) is -6.83. The van der Waals surface area contributed by atoms with Crippen LogP contribution in [0.5, 0.6) is 0 Å². The van der Waals surface area contributed by atoms with E-state index in [9.17, 15) is 26.3 Å². The quantitative estimate of drug-likeness (QED) is 0.744. The SMILES string of the molecule is Nc1nc(-c2nccc(C(F)F)n2)nc(N(C2CC(F)(F)C2)C2CC(F)(F)C2)n1. The summed E-state index contributed by atoms with van der Waals surface area (Å²) in [6.45, 7) is 0. The van der Waals surface area contributed by atoms with Crippen molar-refractivity contribution in [3.8, 4) is 11.6 Å². The zero-order valence-corrected chi connectivity index (χ0v) is 14.7. The van der Waals surface area contributed by atoms with Gasteiger partial charge in [-0.05, 0) is 6.07 Å². The minimum absolute atomic E-state index is 0.181. The van der Waals surface area contributed by atoms with E-state index in [0.717, 1.165) is 12.3 Å². The van der Waals surface area contributed by atoms with Crippen molar-refractivity contribution in [3.63, 3.8) is 0 Å². The second kappa shape index (κ2) is 6.66. The summed E-state index contributed by atoms with van der Waals surface area (Å²) in [5, 5.41) is 0. The Hall–Kier alpha value is -2.73. The van der Waals surface area contributed by atoms with Crippen LogP contribution in [0.4, 0.5) is 38.2 Å². The van der Waals surface area contributed by atoms with Crippen molar-refractivity contribution in [2.45, 2.75) is 56.0 Å². The average molecular weight is 419 g/mol. The van der Waals surface area contributed by atoms with E-state index in [0.29, 0.717) is 0 Å². The van der Waals surface area contributed by atoms with Gasteiger partial charge in [0, 0.05) is 44.0 Å². The van der Waals surface area contributed by atoms with Crippen molar-refractivity contribution in [3.05, 3.63) is 18.0 Å². The van der Waals surface area contributed by atoms with Gasteiger partial charge < -0.3 is 10.6 Å². The first-order chi connectivity index (χ1) is 13.5. The van der Waals surface area contributed by atoms with Gasteiger partial charge in [-0.1, -0.05) is 0 Å². The molecule has 29 heavy (non-hydrogen) atoms. The Morgan fingerprint density at radius 1 is 0.897 bits per heavy atom. The molecule has 0 aromatic carbocycles. The van der Waals surface area contributed by atoms with Crippen LogP contribution >= 0.6 is 0 Å². The lowest BCUT2D eigenvalue weighted by atomic mass is 9.80. The fourth-order valence-corrected chi connectivity index (χ4v) is 3.48. The molecule has 0 radical (unpaired) electrons. The molecular formula is C16H15F6N7. The molecule has 13 heteroatoms. The van der Waals surface area contributed by atoms with Gasteiger partial charge in [0.25, 0.3) is 18.3 Å². The van der Waals surface area contributed by atoms with Gasteiger partial charge in [-0.15, -0.1) is 0 Å². The fraction of sp³-hybridized carbons (Fsp3) is 0.562. The summed E-state index contributed by atoms with van der Waals surface area (Å²) < 4.78 is 79.4. The Morgan fingerprint density at radius 3 is 2.00 bits per heavy atom. The van der Waals surface area contributed by atoms with Crippen molar-refractivity contribution in [2.24, 2.45) is 0 Å². The van der Waals surface area contributed by atoms with Gasteiger partial charge in [0.1, 0.15) is 5.69 Å². The highest BCUT2D eigenvalue weighted by molar-refractivity contribution is 5.51. The maximum absolute atomic E-state index is 13.4. The molecule has 0 atom stereocenters. The van der Waals surface area contributed by atoms with Crippen LogP contribution in [-0.2, 0) is 0 Å². The van der Waals surface area contributed by atoms with Crippen molar-refractivity contribution in [1.29, 1.82) is 0 Å². The number of nitrogen functional groups attached to an aromatic ring is 1. The molecule has 7 nitrogen and oxygen atoms in total. The molecule has 0 amide bonds. The summed E-state index contributed by atoms with van der Waals surface area (Å²) in [7, 11) is 0. The van der Waals surface area contributed by atoms with E-state index >= 15 is 0 Å². The van der Waals surface area contributed by atoms with E-state index in [1.807, 2.05) is 0 Å². The summed E-state index contributed by atoms with van der Waals surface area (Å²) in [6.07, 6.45) is -3.91. The fourth-order valence-electron chi connectivity index (χ4n) is 3.48. The molecule has 156 valence electrons. The van der Waals surface area contributed by atoms with E-state index in [2.05, 4.69) is 24.9 Å². The molecule has 4 rings (SSSR count). The van der Waals surface area contributed by atoms with Crippen LogP contribution in [-0.4, -0.2) is 48.8 Å². The van der Waals surface area contributed by atoms with Crippen molar-refractivity contribution >= 4 is 11.9 Å². The molecule has 0 aliphatic heterocycles. The lowest BCUT2D eigenvalue weighted by molar-refractivity contribution is -0.111. The Labute approximate surface area is 160 Å². The number of nitrogens with zero attached hydrogens (tertiary/aromatic N) is 6. The van der Waals surface area contributed by atoms with Crippen molar-refractivity contribution < 1.29 is 26.3 Å². The number of anilines is 2. The standard InChI is InChI=1S/C16H15F6N7/c17-10(18)9-1-2-24-11(25-9)12-26-13(23)28-14(27-12)29(7-3-15(19,20)4-7)8-5-16(21,22)6-8/h1-2,7-8,10H,3-6H2,(H2,23,26,27,28). The van der Waals surface area contributed by atoms with Crippen LogP contribution in [0.3, 0.4) is 0 Å². The van der Waals surface area contributed by atoms with E-state index in [4.69, 9.17) is 5.73 Å². The third-order valence-electron chi connectivity index (χ3n) is 4.90. The molecule has 2 heterocycles. The van der Waals surface area contributed by atoms with Gasteiger partial charge in [0.2, 0.25) is 17.7 Å². The van der Waals surface area contributed by atoms with Crippen LogP contribution in [0.1, 0.15) is 37.8 Å². The topological polar surface area (TPSA) is 93.7 Å². The number of hydrogen-bond acceptors (Lipinski definition) is 7. The Morgan fingerprint density at radius 2 is 1.48 bits per heavy atom. The highest BCUT2D eigenvalue weighted by atomic mass is 19.3. The lowest BCUT2D eigenvalue weighted by Crippen LogP contribution is -2.60. The monoisotopic (exact) mass is 419 g/mol. The van der Waals surface area contributed by atoms with Crippen molar-refractivity contribution in [2.75, 3.05) is 10.6 Å². The minimum atomic E-state index is -2.90. The Balaban J connectivity index is 1.69. The molecule has 0 spiro atoms. The van der Waals surface area contributed by atoms with Crippen LogP contribution in [0.15, 0.2) is 12.3 Å². The summed E-state index contributed by atoms with van der Waals surface area (Å²) in [4.78, 5) is 20.6. The largest absolute Gasteiger partial charge is 0.368 e. The van der Waals surface area contributed by atoms with Crippen LogP contribution in [0, 0.1) is 0 Å². The zero-order chi connectivity index (χ0) is 21.0. The molecule has 2 aromatic rings. The first-order valence-electron chi connectivity index (χ1n) is 8.70. The van der Waals surface area contributed by atoms with Gasteiger partial charge >= 0.3 is 0 Å². The maximum atomic E-state index is 13.4. The lowest BCUT2D eigenvalue weighted by Gasteiger charge is -2.50. The highest BCUT2D eigenvalue weighted by Gasteiger charge is 2.55. The van der Waals surface area contributed by atoms with E-state index in [1.165, 1.54) is 4.90 Å². The van der Waals surface area contributed by atoms with Gasteiger partial charge in [0.05, 0.1) is 0 Å². The zero-order valence-electron chi connectivity index (χ0n) is 14.7. The summed E-state index contributed by atoms with van der Waals surface area (Å²) in [5.41, 5.74) is 5.10. The molecule has 2 saturated carbocycles. The molecule has 2 fully saturated rings. The number of nitrogens with two attached hydrogens (primary N) is 1. The number of halogens is 6. The third-order valence-corrected chi connectivity index (χ3v) is 4.90. The normalized spacial score (nSPS) is 20.9. The minimum Gasteiger partial charge on any atom is -0.368 e. The first-order valence-corrected chi connectivity index (χ1v) is 8.70. The summed E-state index contributed by atoms with van der Waals surface area (Å²) >= 11 is 0. The molecule has 2 N–H and O–H groups in total. The molecule has 0 saturated heterocycles. The van der Waals surface area contributed by atoms with Crippen LogP contribution in [0.2, 0.25) is 0 Å². The van der Waals surface area contributed by atoms with E-state index in [-0.39, 0.29) is 23.5 Å². The van der Waals surface area contributed by atoms with Crippen molar-refractivity contribution in [1.82, 2.24) is 24.9 Å².